The van der Waals surface area contributed by atoms with Gasteiger partial charge in [0.15, 0.2) is 5.11 Å². The first-order valence-corrected chi connectivity index (χ1v) is 13.2. The monoisotopic (exact) mass is 541 g/mol. The van der Waals surface area contributed by atoms with Gasteiger partial charge in [-0.15, -0.1) is 0 Å². The van der Waals surface area contributed by atoms with Crippen molar-refractivity contribution in [1.82, 2.24) is 19.8 Å². The first kappa shape index (κ1) is 26.2. The number of ether oxygens (including phenoxy) is 1. The fraction of sp³-hybridized carbons (Fsp3) is 0.233. The van der Waals surface area contributed by atoms with Crippen LogP contribution in [0.15, 0.2) is 79.0 Å². The third-order valence-corrected chi connectivity index (χ3v) is 7.41. The number of hydrogen-bond acceptors (Lipinski definition) is 5. The fourth-order valence-corrected chi connectivity index (χ4v) is 5.59. The fourth-order valence-electron chi connectivity index (χ4n) is 5.25. The SMILES string of the molecule is COc1ccccc1NC(=O)CCN1C(=S)N[C@H](c2ccccn2)[C@H]1c1cc(C)n(-c2ccc(O)cc2)c1C. The average molecular weight is 542 g/mol. The van der Waals surface area contributed by atoms with E-state index in [9.17, 15) is 9.90 Å². The topological polar surface area (TPSA) is 91.7 Å². The lowest BCUT2D eigenvalue weighted by Gasteiger charge is -2.28. The Morgan fingerprint density at radius 1 is 1.10 bits per heavy atom. The second kappa shape index (κ2) is 11.2. The van der Waals surface area contributed by atoms with Crippen molar-refractivity contribution in [2.45, 2.75) is 32.4 Å². The van der Waals surface area contributed by atoms with Gasteiger partial charge in [-0.05, 0) is 86.2 Å². The number of aromatic nitrogens is 2. The summed E-state index contributed by atoms with van der Waals surface area (Å²) < 4.78 is 7.53. The molecule has 5 rings (SSSR count). The largest absolute Gasteiger partial charge is 0.508 e. The highest BCUT2D eigenvalue weighted by Gasteiger charge is 2.41. The molecule has 1 aliphatic rings. The summed E-state index contributed by atoms with van der Waals surface area (Å²) >= 11 is 5.81. The van der Waals surface area contributed by atoms with E-state index in [0.717, 1.165) is 28.3 Å². The number of nitrogens with one attached hydrogen (secondary N) is 2. The van der Waals surface area contributed by atoms with E-state index in [0.29, 0.717) is 23.1 Å². The predicted octanol–water partition coefficient (Wildman–Crippen LogP) is 5.20. The highest BCUT2D eigenvalue weighted by atomic mass is 32.1. The van der Waals surface area contributed by atoms with Crippen LogP contribution >= 0.6 is 12.2 Å². The van der Waals surface area contributed by atoms with Crippen LogP contribution in [0.3, 0.4) is 0 Å². The van der Waals surface area contributed by atoms with Gasteiger partial charge in [0.2, 0.25) is 5.91 Å². The van der Waals surface area contributed by atoms with Gasteiger partial charge in [-0.3, -0.25) is 9.78 Å². The van der Waals surface area contributed by atoms with Crippen LogP contribution in [0.25, 0.3) is 5.69 Å². The van der Waals surface area contributed by atoms with Gasteiger partial charge in [0.05, 0.1) is 30.6 Å². The summed E-state index contributed by atoms with van der Waals surface area (Å²) in [5.74, 6) is 0.704. The summed E-state index contributed by atoms with van der Waals surface area (Å²) in [6.07, 6.45) is 2.02. The number of carbonyl (C=O) groups excluding carboxylic acids is 1. The second-order valence-corrected chi connectivity index (χ2v) is 9.88. The molecule has 1 amide bonds. The number of carbonyl (C=O) groups is 1. The molecule has 3 heterocycles. The highest BCUT2D eigenvalue weighted by molar-refractivity contribution is 7.80. The average Bonchev–Trinajstić information content (AvgIpc) is 3.43. The number of para-hydroxylation sites is 2. The molecule has 9 heteroatoms. The van der Waals surface area contributed by atoms with E-state index in [4.69, 9.17) is 17.0 Å². The first-order chi connectivity index (χ1) is 18.9. The molecule has 3 N–H and O–H groups in total. The molecule has 8 nitrogen and oxygen atoms in total. The molecule has 2 aromatic heterocycles. The van der Waals surface area contributed by atoms with Crippen molar-refractivity contribution in [3.63, 3.8) is 0 Å². The maximum atomic E-state index is 13.0. The number of aromatic hydroxyl groups is 1. The van der Waals surface area contributed by atoms with E-state index in [1.807, 2.05) is 54.6 Å². The molecule has 1 aliphatic heterocycles. The van der Waals surface area contributed by atoms with Gasteiger partial charge in [-0.25, -0.2) is 0 Å². The molecule has 0 saturated carbocycles. The van der Waals surface area contributed by atoms with Crippen LogP contribution in [-0.2, 0) is 4.79 Å². The maximum absolute atomic E-state index is 13.0. The molecule has 200 valence electrons. The van der Waals surface area contributed by atoms with Crippen LogP contribution in [0.2, 0.25) is 0 Å². The van der Waals surface area contributed by atoms with Gasteiger partial charge in [-0.2, -0.15) is 0 Å². The number of methoxy groups -OCH3 is 1. The van der Waals surface area contributed by atoms with E-state index < -0.39 is 0 Å². The molecule has 0 spiro atoms. The zero-order chi connectivity index (χ0) is 27.5. The van der Waals surface area contributed by atoms with Crippen LogP contribution in [0, 0.1) is 13.8 Å². The molecule has 0 unspecified atom stereocenters. The number of rotatable bonds is 8. The number of phenolic OH excluding ortho intramolecular Hbond substituents is 1. The Kier molecular flexibility index (Phi) is 7.51. The van der Waals surface area contributed by atoms with E-state index in [2.05, 4.69) is 45.0 Å². The zero-order valence-corrected chi connectivity index (χ0v) is 22.9. The van der Waals surface area contributed by atoms with E-state index in [1.165, 1.54) is 0 Å². The lowest BCUT2D eigenvalue weighted by molar-refractivity contribution is -0.116. The summed E-state index contributed by atoms with van der Waals surface area (Å²) in [5.41, 5.74) is 5.67. The quantitative estimate of drug-likeness (QED) is 0.264. The number of aryl methyl sites for hydroxylation is 1. The molecule has 4 aromatic rings. The molecule has 2 atom stereocenters. The number of hydrogen-bond donors (Lipinski definition) is 3. The number of pyridine rings is 1. The molecular formula is C30H31N5O3S. The summed E-state index contributed by atoms with van der Waals surface area (Å²) in [7, 11) is 1.58. The van der Waals surface area contributed by atoms with Gasteiger partial charge in [-0.1, -0.05) is 18.2 Å². The highest BCUT2D eigenvalue weighted by Crippen LogP contribution is 2.41. The Balaban J connectivity index is 1.46. The van der Waals surface area contributed by atoms with Crippen LogP contribution in [-0.4, -0.2) is 44.2 Å². The van der Waals surface area contributed by atoms with Crippen molar-refractivity contribution in [3.8, 4) is 17.2 Å². The zero-order valence-electron chi connectivity index (χ0n) is 22.1. The second-order valence-electron chi connectivity index (χ2n) is 9.50. The van der Waals surface area contributed by atoms with Crippen molar-refractivity contribution in [2.24, 2.45) is 0 Å². The summed E-state index contributed by atoms with van der Waals surface area (Å²) in [6, 6.07) is 22.2. The van der Waals surface area contributed by atoms with E-state index in [1.54, 1.807) is 25.4 Å². The van der Waals surface area contributed by atoms with Crippen molar-refractivity contribution in [1.29, 1.82) is 0 Å². The normalized spacial score (nSPS) is 16.7. The van der Waals surface area contributed by atoms with Crippen LogP contribution in [0.4, 0.5) is 5.69 Å². The molecule has 39 heavy (non-hydrogen) atoms. The third kappa shape index (κ3) is 5.31. The van der Waals surface area contributed by atoms with Gasteiger partial charge < -0.3 is 29.9 Å². The van der Waals surface area contributed by atoms with Crippen LogP contribution in [0.5, 0.6) is 11.5 Å². The number of benzene rings is 2. The Hall–Kier alpha value is -4.37. The van der Waals surface area contributed by atoms with Gasteiger partial charge >= 0.3 is 0 Å². The van der Waals surface area contributed by atoms with Gasteiger partial charge in [0.1, 0.15) is 11.5 Å². The molecule has 0 aliphatic carbocycles. The predicted molar refractivity (Wildman–Crippen MR) is 155 cm³/mol. The van der Waals surface area contributed by atoms with E-state index >= 15 is 0 Å². The molecule has 0 bridgehead atoms. The number of thiocarbonyl (C=S) groups is 1. The van der Waals surface area contributed by atoms with Crippen molar-refractivity contribution in [3.05, 3.63) is 102 Å². The van der Waals surface area contributed by atoms with E-state index in [-0.39, 0.29) is 30.2 Å². The smallest absolute Gasteiger partial charge is 0.226 e. The Morgan fingerprint density at radius 3 is 2.56 bits per heavy atom. The molecule has 1 fully saturated rings. The summed E-state index contributed by atoms with van der Waals surface area (Å²) in [6.45, 7) is 4.56. The van der Waals surface area contributed by atoms with Gasteiger partial charge in [0, 0.05) is 36.2 Å². The Bertz CT molecular complexity index is 1490. The standard InChI is InChI=1S/C30H31N5O3S/c1-19-18-23(20(2)35(19)21-11-13-22(36)14-12-21)29-28(25-9-6-7-16-31-25)33-30(39)34(29)17-15-27(37)32-24-8-4-5-10-26(24)38-3/h4-14,16,18,28-29,36H,15,17H2,1-3H3,(H,32,37)(H,33,39)/t28-,29-/m1/s1. The maximum Gasteiger partial charge on any atom is 0.226 e. The van der Waals surface area contributed by atoms with Gasteiger partial charge in [0.25, 0.3) is 0 Å². The first-order valence-electron chi connectivity index (χ1n) is 12.8. The number of amides is 1. The minimum Gasteiger partial charge on any atom is -0.508 e. The lowest BCUT2D eigenvalue weighted by atomic mass is 9.96. The lowest BCUT2D eigenvalue weighted by Crippen LogP contribution is -2.33. The molecular weight excluding hydrogens is 510 g/mol. The molecule has 2 aromatic carbocycles. The third-order valence-electron chi connectivity index (χ3n) is 7.06. The minimum absolute atomic E-state index is 0.128. The molecule has 1 saturated heterocycles. The van der Waals surface area contributed by atoms with Crippen LogP contribution in [0.1, 0.15) is 41.1 Å². The minimum atomic E-state index is -0.190. The number of nitrogens with zero attached hydrogens (tertiary/aromatic N) is 3. The Morgan fingerprint density at radius 2 is 1.85 bits per heavy atom. The number of anilines is 1. The summed E-state index contributed by atoms with van der Waals surface area (Å²) in [5, 5.41) is 16.8. The number of phenols is 1. The van der Waals surface area contributed by atoms with Crippen molar-refractivity contribution >= 4 is 28.9 Å². The van der Waals surface area contributed by atoms with Crippen LogP contribution < -0.4 is 15.4 Å². The Labute approximate surface area is 233 Å². The van der Waals surface area contributed by atoms with Crippen molar-refractivity contribution in [2.75, 3.05) is 19.0 Å². The molecule has 0 radical (unpaired) electrons. The van der Waals surface area contributed by atoms with Crippen molar-refractivity contribution < 1.29 is 14.6 Å². The summed E-state index contributed by atoms with van der Waals surface area (Å²) in [4.78, 5) is 19.7.